The van der Waals surface area contributed by atoms with Crippen molar-refractivity contribution in [3.63, 3.8) is 0 Å². The fourth-order valence-electron chi connectivity index (χ4n) is 2.70. The summed E-state index contributed by atoms with van der Waals surface area (Å²) < 4.78 is 0.755. The Morgan fingerprint density at radius 3 is 2.79 bits per heavy atom. The van der Waals surface area contributed by atoms with Gasteiger partial charge in [0.05, 0.1) is 4.92 Å². The molecule has 2 rings (SSSR count). The van der Waals surface area contributed by atoms with Crippen molar-refractivity contribution in [1.82, 2.24) is 0 Å². The van der Waals surface area contributed by atoms with Crippen LogP contribution in [-0.2, 0) is 0 Å². The number of nitro benzene ring substituents is 1. The van der Waals surface area contributed by atoms with Gasteiger partial charge in [0.2, 0.25) is 0 Å². The predicted molar refractivity (Wildman–Crippen MR) is 80.4 cm³/mol. The quantitative estimate of drug-likeness (QED) is 0.650. The largest absolute Gasteiger partial charge is 0.384 e. The van der Waals surface area contributed by atoms with Crippen molar-refractivity contribution in [1.29, 1.82) is 0 Å². The first-order valence-electron chi connectivity index (χ1n) is 6.75. The van der Waals surface area contributed by atoms with E-state index in [2.05, 4.69) is 28.2 Å². The van der Waals surface area contributed by atoms with Crippen LogP contribution in [0.3, 0.4) is 0 Å². The van der Waals surface area contributed by atoms with Crippen molar-refractivity contribution >= 4 is 27.3 Å². The second-order valence-corrected chi connectivity index (χ2v) is 6.18. The molecular weight excluding hydrogens is 308 g/mol. The topological polar surface area (TPSA) is 55.2 Å². The number of nitrogens with zero attached hydrogens (tertiary/aromatic N) is 1. The van der Waals surface area contributed by atoms with Crippen molar-refractivity contribution < 1.29 is 4.92 Å². The lowest BCUT2D eigenvalue weighted by Crippen LogP contribution is -2.24. The van der Waals surface area contributed by atoms with Crippen molar-refractivity contribution in [3.05, 3.63) is 32.8 Å². The Labute approximate surface area is 121 Å². The van der Waals surface area contributed by atoms with Crippen LogP contribution in [0.2, 0.25) is 0 Å². The number of hydrogen-bond acceptors (Lipinski definition) is 3. The molecule has 5 heteroatoms. The molecule has 0 bridgehead atoms. The molecule has 0 aromatic heterocycles. The summed E-state index contributed by atoms with van der Waals surface area (Å²) in [4.78, 5) is 10.3. The molecule has 1 fully saturated rings. The van der Waals surface area contributed by atoms with Crippen LogP contribution >= 0.6 is 15.9 Å². The highest BCUT2D eigenvalue weighted by molar-refractivity contribution is 9.10. The molecule has 2 atom stereocenters. The van der Waals surface area contributed by atoms with Gasteiger partial charge in [-0.05, 0) is 40.3 Å². The zero-order valence-electron chi connectivity index (χ0n) is 11.1. The third-order valence-corrected chi connectivity index (χ3v) is 4.66. The molecule has 0 heterocycles. The first-order valence-corrected chi connectivity index (χ1v) is 7.55. The van der Waals surface area contributed by atoms with Crippen molar-refractivity contribution in [3.8, 4) is 0 Å². The van der Waals surface area contributed by atoms with Gasteiger partial charge in [0.25, 0.3) is 5.69 Å². The van der Waals surface area contributed by atoms with E-state index in [1.807, 2.05) is 0 Å². The Morgan fingerprint density at radius 1 is 1.42 bits per heavy atom. The molecule has 1 aromatic carbocycles. The number of benzene rings is 1. The van der Waals surface area contributed by atoms with Crippen LogP contribution in [0.15, 0.2) is 22.7 Å². The molecule has 1 aliphatic carbocycles. The molecule has 1 aliphatic rings. The van der Waals surface area contributed by atoms with E-state index >= 15 is 0 Å². The average molecular weight is 327 g/mol. The Bertz CT molecular complexity index is 465. The van der Waals surface area contributed by atoms with Crippen molar-refractivity contribution in [2.24, 2.45) is 11.8 Å². The lowest BCUT2D eigenvalue weighted by molar-refractivity contribution is -0.384. The highest BCUT2D eigenvalue weighted by Gasteiger charge is 2.21. The van der Waals surface area contributed by atoms with Crippen LogP contribution in [-0.4, -0.2) is 11.5 Å². The van der Waals surface area contributed by atoms with Crippen LogP contribution in [0.25, 0.3) is 0 Å². The first-order chi connectivity index (χ1) is 9.08. The molecule has 0 aliphatic heterocycles. The van der Waals surface area contributed by atoms with Gasteiger partial charge in [0.1, 0.15) is 0 Å². The fourth-order valence-corrected chi connectivity index (χ4v) is 3.21. The molecule has 1 N–H and O–H groups in total. The van der Waals surface area contributed by atoms with E-state index in [0.717, 1.165) is 22.6 Å². The Hall–Kier alpha value is -1.10. The summed E-state index contributed by atoms with van der Waals surface area (Å²) in [5, 5.41) is 14.1. The van der Waals surface area contributed by atoms with Gasteiger partial charge in [0.15, 0.2) is 0 Å². The number of non-ortho nitro benzene ring substituents is 1. The molecule has 0 amide bonds. The zero-order valence-corrected chi connectivity index (χ0v) is 12.6. The highest BCUT2D eigenvalue weighted by Crippen LogP contribution is 2.31. The number of hydrogen-bond donors (Lipinski definition) is 1. The summed E-state index contributed by atoms with van der Waals surface area (Å²) in [6.45, 7) is 3.26. The molecule has 0 radical (unpaired) electrons. The van der Waals surface area contributed by atoms with Crippen molar-refractivity contribution in [2.75, 3.05) is 11.9 Å². The van der Waals surface area contributed by atoms with Crippen LogP contribution in [0.4, 0.5) is 11.4 Å². The second kappa shape index (κ2) is 6.37. The van der Waals surface area contributed by atoms with Gasteiger partial charge < -0.3 is 5.32 Å². The third-order valence-electron chi connectivity index (χ3n) is 4.01. The maximum atomic E-state index is 10.7. The lowest BCUT2D eigenvalue weighted by Gasteiger charge is -2.29. The second-order valence-electron chi connectivity index (χ2n) is 5.32. The molecular formula is C14H19BrN2O2. The Kier molecular flexibility index (Phi) is 4.80. The van der Waals surface area contributed by atoms with Gasteiger partial charge in [-0.2, -0.15) is 0 Å². The summed E-state index contributed by atoms with van der Waals surface area (Å²) in [5.74, 6) is 1.47. The number of nitro groups is 1. The highest BCUT2D eigenvalue weighted by atomic mass is 79.9. The fraction of sp³-hybridized carbons (Fsp3) is 0.571. The monoisotopic (exact) mass is 326 g/mol. The normalized spacial score (nSPS) is 23.1. The number of halogens is 1. The Morgan fingerprint density at radius 2 is 2.16 bits per heavy atom. The first kappa shape index (κ1) is 14.3. The van der Waals surface area contributed by atoms with Crippen LogP contribution in [0.5, 0.6) is 0 Å². The van der Waals surface area contributed by atoms with E-state index in [9.17, 15) is 10.1 Å². The average Bonchev–Trinajstić information content (AvgIpc) is 2.39. The van der Waals surface area contributed by atoms with Gasteiger partial charge in [-0.3, -0.25) is 10.1 Å². The predicted octanol–water partition coefficient (Wildman–Crippen LogP) is 4.60. The van der Waals surface area contributed by atoms with E-state index in [-0.39, 0.29) is 10.6 Å². The lowest BCUT2D eigenvalue weighted by atomic mass is 9.80. The number of rotatable bonds is 4. The summed E-state index contributed by atoms with van der Waals surface area (Å²) in [6, 6.07) is 4.86. The van der Waals surface area contributed by atoms with Gasteiger partial charge in [-0.25, -0.2) is 0 Å². The molecule has 4 nitrogen and oxygen atoms in total. The van der Waals surface area contributed by atoms with Gasteiger partial charge in [0, 0.05) is 28.8 Å². The summed E-state index contributed by atoms with van der Waals surface area (Å²) >= 11 is 3.39. The van der Waals surface area contributed by atoms with E-state index in [1.165, 1.54) is 31.7 Å². The number of nitrogens with one attached hydrogen (secondary N) is 1. The molecule has 0 spiro atoms. The Balaban J connectivity index is 1.97. The molecule has 0 saturated heterocycles. The van der Waals surface area contributed by atoms with E-state index < -0.39 is 0 Å². The smallest absolute Gasteiger partial charge is 0.270 e. The summed E-state index contributed by atoms with van der Waals surface area (Å²) in [5.41, 5.74) is 1.05. The molecule has 1 aromatic rings. The van der Waals surface area contributed by atoms with Gasteiger partial charge in [-0.15, -0.1) is 0 Å². The third kappa shape index (κ3) is 3.69. The van der Waals surface area contributed by atoms with Crippen molar-refractivity contribution in [2.45, 2.75) is 32.6 Å². The van der Waals surface area contributed by atoms with E-state index in [1.54, 1.807) is 12.1 Å². The van der Waals surface area contributed by atoms with Crippen LogP contribution < -0.4 is 5.32 Å². The molecule has 19 heavy (non-hydrogen) atoms. The zero-order chi connectivity index (χ0) is 13.8. The van der Waals surface area contributed by atoms with Gasteiger partial charge >= 0.3 is 0 Å². The minimum atomic E-state index is -0.377. The van der Waals surface area contributed by atoms with E-state index in [4.69, 9.17) is 0 Å². The molecule has 2 unspecified atom stereocenters. The molecule has 104 valence electrons. The maximum Gasteiger partial charge on any atom is 0.270 e. The minimum Gasteiger partial charge on any atom is -0.384 e. The van der Waals surface area contributed by atoms with Crippen LogP contribution in [0.1, 0.15) is 32.6 Å². The van der Waals surface area contributed by atoms with Crippen LogP contribution in [0, 0.1) is 22.0 Å². The minimum absolute atomic E-state index is 0.114. The number of anilines is 1. The SMILES string of the molecule is CC1CCCCC1CNc1ccc([N+](=O)[O-])cc1Br. The standard InChI is InChI=1S/C14H19BrN2O2/c1-10-4-2-3-5-11(10)9-16-14-7-6-12(17(18)19)8-13(14)15/h6-8,10-11,16H,2-5,9H2,1H3. The summed E-state index contributed by atoms with van der Waals surface area (Å²) in [6.07, 6.45) is 5.25. The molecule has 1 saturated carbocycles. The summed E-state index contributed by atoms with van der Waals surface area (Å²) in [7, 11) is 0. The van der Waals surface area contributed by atoms with Gasteiger partial charge in [-0.1, -0.05) is 26.2 Å². The maximum absolute atomic E-state index is 10.7. The van der Waals surface area contributed by atoms with E-state index in [0.29, 0.717) is 5.92 Å².